The van der Waals surface area contributed by atoms with E-state index in [1.165, 1.54) is 19.2 Å². The molecule has 0 saturated heterocycles. The van der Waals surface area contributed by atoms with Crippen LogP contribution in [0.5, 0.6) is 0 Å². The zero-order valence-electron chi connectivity index (χ0n) is 16.0. The summed E-state index contributed by atoms with van der Waals surface area (Å²) in [5.41, 5.74) is -0.627. The molecule has 27 heavy (non-hydrogen) atoms. The molecule has 1 aromatic carbocycles. The van der Waals surface area contributed by atoms with E-state index in [1.807, 2.05) is 0 Å². The highest BCUT2D eigenvalue weighted by Crippen LogP contribution is 2.21. The van der Waals surface area contributed by atoms with E-state index in [0.29, 0.717) is 0 Å². The smallest absolute Gasteiger partial charge is 0.347 e. The lowest BCUT2D eigenvalue weighted by molar-refractivity contribution is -0.177. The van der Waals surface area contributed by atoms with Gasteiger partial charge in [0.2, 0.25) is 0 Å². The molecule has 0 amide bonds. The first-order valence-electron chi connectivity index (χ1n) is 7.98. The van der Waals surface area contributed by atoms with Gasteiger partial charge in [-0.2, -0.15) is 0 Å². The quantitative estimate of drug-likeness (QED) is 0.407. The Morgan fingerprint density at radius 3 is 2.26 bits per heavy atom. The van der Waals surface area contributed by atoms with Crippen molar-refractivity contribution < 1.29 is 37.7 Å². The number of carbonyl (C=O) groups is 3. The highest BCUT2D eigenvalue weighted by molar-refractivity contribution is 5.98. The van der Waals surface area contributed by atoms with E-state index < -0.39 is 35.4 Å². The number of esters is 3. The van der Waals surface area contributed by atoms with E-state index in [4.69, 9.17) is 9.47 Å². The summed E-state index contributed by atoms with van der Waals surface area (Å²) >= 11 is 0. The maximum atomic E-state index is 14.1. The Morgan fingerprint density at radius 2 is 1.74 bits per heavy atom. The Labute approximate surface area is 157 Å². The summed E-state index contributed by atoms with van der Waals surface area (Å²) in [6, 6.07) is 3.59. The first-order chi connectivity index (χ1) is 12.5. The van der Waals surface area contributed by atoms with Crippen molar-refractivity contribution in [1.82, 2.24) is 0 Å². The third kappa shape index (κ3) is 6.49. The molecule has 0 spiro atoms. The number of hydrogen-bond acceptors (Lipinski definition) is 7. The fourth-order valence-corrected chi connectivity index (χ4v) is 2.00. The molecule has 7 nitrogen and oxygen atoms in total. The minimum Gasteiger partial charge on any atom is -0.467 e. The van der Waals surface area contributed by atoms with Gasteiger partial charge in [-0.05, 0) is 44.5 Å². The lowest BCUT2D eigenvalue weighted by Gasteiger charge is -2.23. The maximum Gasteiger partial charge on any atom is 0.347 e. The second-order valence-electron chi connectivity index (χ2n) is 6.54. The van der Waals surface area contributed by atoms with Gasteiger partial charge in [0, 0.05) is 5.56 Å². The van der Waals surface area contributed by atoms with Gasteiger partial charge in [-0.15, -0.1) is 0 Å². The van der Waals surface area contributed by atoms with Gasteiger partial charge in [0.25, 0.3) is 6.10 Å². The van der Waals surface area contributed by atoms with Crippen LogP contribution < -0.4 is 0 Å². The highest BCUT2D eigenvalue weighted by atomic mass is 19.1. The van der Waals surface area contributed by atoms with Crippen LogP contribution in [-0.4, -0.2) is 50.4 Å². The van der Waals surface area contributed by atoms with Crippen molar-refractivity contribution in [3.63, 3.8) is 0 Å². The first-order valence-corrected chi connectivity index (χ1v) is 7.98. The van der Waals surface area contributed by atoms with Gasteiger partial charge < -0.3 is 18.9 Å². The molecule has 1 aromatic rings. The Hall–Kier alpha value is -2.74. The Balaban J connectivity index is 2.95. The van der Waals surface area contributed by atoms with Crippen LogP contribution in [0.2, 0.25) is 0 Å². The number of hydrogen-bond donors (Lipinski definition) is 0. The van der Waals surface area contributed by atoms with Gasteiger partial charge in [-0.25, -0.2) is 18.8 Å². The zero-order valence-corrected chi connectivity index (χ0v) is 16.0. The number of carbonyl (C=O) groups excluding carboxylic acids is 3. The molecule has 0 N–H and O–H groups in total. The first kappa shape index (κ1) is 22.3. The van der Waals surface area contributed by atoms with Crippen LogP contribution in [0.4, 0.5) is 4.39 Å². The number of methoxy groups -OCH3 is 2. The lowest BCUT2D eigenvalue weighted by Crippen LogP contribution is -2.39. The third-order valence-electron chi connectivity index (χ3n) is 3.23. The fourth-order valence-electron chi connectivity index (χ4n) is 2.00. The molecule has 0 heterocycles. The topological polar surface area (TPSA) is 88.1 Å². The summed E-state index contributed by atoms with van der Waals surface area (Å²) < 4.78 is 33.6. The van der Waals surface area contributed by atoms with Crippen molar-refractivity contribution in [2.75, 3.05) is 20.8 Å². The van der Waals surface area contributed by atoms with Crippen molar-refractivity contribution in [3.8, 4) is 0 Å². The molecule has 0 aliphatic rings. The van der Waals surface area contributed by atoms with Crippen LogP contribution in [0.25, 0.3) is 5.57 Å². The number of halogens is 1. The van der Waals surface area contributed by atoms with E-state index in [9.17, 15) is 18.8 Å². The van der Waals surface area contributed by atoms with Crippen LogP contribution in [0.15, 0.2) is 24.8 Å². The summed E-state index contributed by atoms with van der Waals surface area (Å²) in [6.07, 6.45) is -1.65. The molecule has 1 rings (SSSR count). The number of rotatable bonds is 7. The van der Waals surface area contributed by atoms with Crippen LogP contribution in [0.1, 0.15) is 36.7 Å². The summed E-state index contributed by atoms with van der Waals surface area (Å²) in [5, 5.41) is 0. The number of benzene rings is 1. The molecular weight excluding hydrogens is 359 g/mol. The molecule has 0 aliphatic carbocycles. The fraction of sp³-hybridized carbons (Fsp3) is 0.421. The van der Waals surface area contributed by atoms with Crippen molar-refractivity contribution in [3.05, 3.63) is 41.7 Å². The average molecular weight is 382 g/mol. The van der Waals surface area contributed by atoms with Crippen LogP contribution in [0, 0.1) is 5.82 Å². The minimum atomic E-state index is -1.65. The average Bonchev–Trinajstić information content (AvgIpc) is 2.59. The van der Waals surface area contributed by atoms with Crippen LogP contribution in [0.3, 0.4) is 0 Å². The van der Waals surface area contributed by atoms with Gasteiger partial charge >= 0.3 is 17.9 Å². The predicted octanol–water partition coefficient (Wildman–Crippen LogP) is 2.53. The minimum absolute atomic E-state index is 0.00861. The van der Waals surface area contributed by atoms with E-state index in [1.54, 1.807) is 20.8 Å². The molecule has 1 atom stereocenters. The monoisotopic (exact) mass is 382 g/mol. The predicted molar refractivity (Wildman–Crippen MR) is 94.4 cm³/mol. The summed E-state index contributed by atoms with van der Waals surface area (Å²) in [5.74, 6) is -3.19. The second kappa shape index (κ2) is 9.27. The van der Waals surface area contributed by atoms with Crippen LogP contribution in [-0.2, 0) is 28.5 Å². The van der Waals surface area contributed by atoms with Gasteiger partial charge in [-0.3, -0.25) is 0 Å². The van der Waals surface area contributed by atoms with Crippen molar-refractivity contribution >= 4 is 23.5 Å². The molecule has 0 bridgehead atoms. The molecule has 0 aliphatic heterocycles. The van der Waals surface area contributed by atoms with Gasteiger partial charge in [0.1, 0.15) is 11.4 Å². The molecule has 0 aromatic heterocycles. The van der Waals surface area contributed by atoms with Crippen molar-refractivity contribution in [2.24, 2.45) is 0 Å². The van der Waals surface area contributed by atoms with Crippen molar-refractivity contribution in [1.29, 1.82) is 0 Å². The normalized spacial score (nSPS) is 12.1. The van der Waals surface area contributed by atoms with Gasteiger partial charge in [0.15, 0.2) is 0 Å². The van der Waals surface area contributed by atoms with Gasteiger partial charge in [0.05, 0.1) is 26.4 Å². The standard InChI is InChI=1S/C19H23FO7/c1-11(13-9-12(16(21)24-5)7-8-14(13)20)10-26-15(17(22)25-6)18(23)27-19(2,3)4/h7-9,15H,1,10H2,2-6H3. The van der Waals surface area contributed by atoms with E-state index in [0.717, 1.165) is 13.2 Å². The third-order valence-corrected chi connectivity index (χ3v) is 3.23. The SMILES string of the molecule is C=C(COC(C(=O)OC)C(=O)OC(C)(C)C)c1cc(C(=O)OC)ccc1F. The van der Waals surface area contributed by atoms with E-state index >= 15 is 0 Å². The van der Waals surface area contributed by atoms with E-state index in [-0.39, 0.29) is 23.3 Å². The van der Waals surface area contributed by atoms with Gasteiger partial charge in [-0.1, -0.05) is 6.58 Å². The Morgan fingerprint density at radius 1 is 1.11 bits per heavy atom. The molecule has 1 unspecified atom stereocenters. The molecular formula is C19H23FO7. The maximum absolute atomic E-state index is 14.1. The molecule has 8 heteroatoms. The Kier molecular flexibility index (Phi) is 7.66. The largest absolute Gasteiger partial charge is 0.467 e. The molecule has 148 valence electrons. The van der Waals surface area contributed by atoms with Crippen molar-refractivity contribution in [2.45, 2.75) is 32.5 Å². The van der Waals surface area contributed by atoms with E-state index in [2.05, 4.69) is 16.1 Å². The zero-order chi connectivity index (χ0) is 20.8. The highest BCUT2D eigenvalue weighted by Gasteiger charge is 2.33. The molecule has 0 saturated carbocycles. The summed E-state index contributed by atoms with van der Waals surface area (Å²) in [4.78, 5) is 35.6. The molecule has 0 radical (unpaired) electrons. The second-order valence-corrected chi connectivity index (χ2v) is 6.54. The lowest BCUT2D eigenvalue weighted by atomic mass is 10.0. The molecule has 0 fully saturated rings. The summed E-state index contributed by atoms with van der Waals surface area (Å²) in [6.45, 7) is 8.20. The Bertz CT molecular complexity index is 734. The number of ether oxygens (including phenoxy) is 4. The summed E-state index contributed by atoms with van der Waals surface area (Å²) in [7, 11) is 2.29. The van der Waals surface area contributed by atoms with Crippen LogP contribution >= 0.6 is 0 Å².